The van der Waals surface area contributed by atoms with Gasteiger partial charge in [0.1, 0.15) is 17.6 Å². The van der Waals surface area contributed by atoms with Gasteiger partial charge in [-0.3, -0.25) is 0 Å². The molecule has 4 nitrogen and oxygen atoms in total. The van der Waals surface area contributed by atoms with E-state index < -0.39 is 0 Å². The normalized spacial score (nSPS) is 9.67. The van der Waals surface area contributed by atoms with E-state index in [1.165, 1.54) is 0 Å². The molecule has 0 bridgehead atoms. The second-order valence-corrected chi connectivity index (χ2v) is 3.07. The highest BCUT2D eigenvalue weighted by Gasteiger charge is 2.05. The van der Waals surface area contributed by atoms with Crippen LogP contribution >= 0.6 is 0 Å². The van der Waals surface area contributed by atoms with Gasteiger partial charge in [0.05, 0.1) is 6.61 Å². The summed E-state index contributed by atoms with van der Waals surface area (Å²) in [5, 5.41) is 8.74. The number of pyridine rings is 1. The first-order valence-corrected chi connectivity index (χ1v) is 4.92. The lowest BCUT2D eigenvalue weighted by molar-refractivity contribution is 0.205. The minimum Gasteiger partial charge on any atom is -0.383 e. The van der Waals surface area contributed by atoms with Crippen LogP contribution in [-0.2, 0) is 4.74 Å². The highest BCUT2D eigenvalue weighted by Crippen LogP contribution is 2.10. The van der Waals surface area contributed by atoms with E-state index in [9.17, 15) is 0 Å². The standard InChI is InChI=1S/C11H15N3O/c1-3-14(7-8-15-2)11-6-4-5-10(9-12)13-11/h4-6H,3,7-8H2,1-2H3. The van der Waals surface area contributed by atoms with Crippen molar-refractivity contribution in [3.05, 3.63) is 23.9 Å². The van der Waals surface area contributed by atoms with Gasteiger partial charge in [0.25, 0.3) is 0 Å². The van der Waals surface area contributed by atoms with Gasteiger partial charge in [-0.1, -0.05) is 6.07 Å². The Hall–Kier alpha value is -1.60. The van der Waals surface area contributed by atoms with Crippen LogP contribution in [0.15, 0.2) is 18.2 Å². The molecule has 1 heterocycles. The van der Waals surface area contributed by atoms with Crippen molar-refractivity contribution in [1.29, 1.82) is 5.26 Å². The molecule has 0 saturated heterocycles. The molecule has 0 spiro atoms. The summed E-state index contributed by atoms with van der Waals surface area (Å²) >= 11 is 0. The summed E-state index contributed by atoms with van der Waals surface area (Å²) in [4.78, 5) is 6.30. The number of likely N-dealkylation sites (N-methyl/N-ethyl adjacent to an activating group) is 1. The Morgan fingerprint density at radius 3 is 2.93 bits per heavy atom. The molecule has 0 unspecified atom stereocenters. The van der Waals surface area contributed by atoms with Crippen LogP contribution < -0.4 is 4.90 Å². The number of nitriles is 1. The fraction of sp³-hybridized carbons (Fsp3) is 0.455. The van der Waals surface area contributed by atoms with Crippen LogP contribution in [0, 0.1) is 11.3 Å². The molecule has 0 aliphatic rings. The molecular weight excluding hydrogens is 190 g/mol. The van der Waals surface area contributed by atoms with Gasteiger partial charge in [0.2, 0.25) is 0 Å². The van der Waals surface area contributed by atoms with Crippen molar-refractivity contribution in [2.24, 2.45) is 0 Å². The zero-order chi connectivity index (χ0) is 11.1. The van der Waals surface area contributed by atoms with Gasteiger partial charge in [0, 0.05) is 20.2 Å². The molecule has 0 radical (unpaired) electrons. The molecule has 0 saturated carbocycles. The Morgan fingerprint density at radius 1 is 1.53 bits per heavy atom. The highest BCUT2D eigenvalue weighted by atomic mass is 16.5. The first kappa shape index (κ1) is 11.5. The molecule has 4 heteroatoms. The summed E-state index contributed by atoms with van der Waals surface area (Å²) in [5.74, 6) is 0.827. The number of methoxy groups -OCH3 is 1. The summed E-state index contributed by atoms with van der Waals surface area (Å²) < 4.78 is 5.02. The summed E-state index contributed by atoms with van der Waals surface area (Å²) in [5.41, 5.74) is 0.448. The number of hydrogen-bond acceptors (Lipinski definition) is 4. The minimum atomic E-state index is 0.448. The van der Waals surface area contributed by atoms with Gasteiger partial charge in [-0.05, 0) is 19.1 Å². The third-order valence-corrected chi connectivity index (χ3v) is 2.12. The van der Waals surface area contributed by atoms with Crippen molar-refractivity contribution < 1.29 is 4.74 Å². The summed E-state index contributed by atoms with van der Waals surface area (Å²) in [7, 11) is 1.67. The maximum absolute atomic E-state index is 8.74. The topological polar surface area (TPSA) is 49.1 Å². The van der Waals surface area contributed by atoms with E-state index in [-0.39, 0.29) is 0 Å². The molecule has 0 amide bonds. The Labute approximate surface area is 90.1 Å². The van der Waals surface area contributed by atoms with E-state index >= 15 is 0 Å². The molecule has 80 valence electrons. The van der Waals surface area contributed by atoms with Gasteiger partial charge in [0.15, 0.2) is 0 Å². The van der Waals surface area contributed by atoms with Crippen LogP contribution in [0.4, 0.5) is 5.82 Å². The van der Waals surface area contributed by atoms with E-state index in [4.69, 9.17) is 10.00 Å². The third kappa shape index (κ3) is 3.22. The molecular formula is C11H15N3O. The fourth-order valence-corrected chi connectivity index (χ4v) is 1.30. The lowest BCUT2D eigenvalue weighted by Crippen LogP contribution is -2.27. The monoisotopic (exact) mass is 205 g/mol. The average Bonchev–Trinajstić information content (AvgIpc) is 2.30. The molecule has 15 heavy (non-hydrogen) atoms. The molecule has 0 aromatic carbocycles. The number of ether oxygens (including phenoxy) is 1. The third-order valence-electron chi connectivity index (χ3n) is 2.12. The smallest absolute Gasteiger partial charge is 0.142 e. The van der Waals surface area contributed by atoms with Crippen molar-refractivity contribution >= 4 is 5.82 Å². The van der Waals surface area contributed by atoms with Crippen LogP contribution in [0.25, 0.3) is 0 Å². The second-order valence-electron chi connectivity index (χ2n) is 3.07. The molecule has 0 aliphatic carbocycles. The van der Waals surface area contributed by atoms with Crippen molar-refractivity contribution in [3.8, 4) is 6.07 Å². The Balaban J connectivity index is 2.78. The number of hydrogen-bond donors (Lipinski definition) is 0. The Kier molecular flexibility index (Phi) is 4.58. The minimum absolute atomic E-state index is 0.448. The Bertz CT molecular complexity index is 346. The maximum atomic E-state index is 8.74. The quantitative estimate of drug-likeness (QED) is 0.729. The zero-order valence-electron chi connectivity index (χ0n) is 9.10. The second kappa shape index (κ2) is 5.99. The van der Waals surface area contributed by atoms with Crippen molar-refractivity contribution in [1.82, 2.24) is 4.98 Å². The largest absolute Gasteiger partial charge is 0.383 e. The van der Waals surface area contributed by atoms with Crippen molar-refractivity contribution in [2.45, 2.75) is 6.92 Å². The van der Waals surface area contributed by atoms with Crippen molar-refractivity contribution in [3.63, 3.8) is 0 Å². The first-order valence-electron chi connectivity index (χ1n) is 4.92. The van der Waals surface area contributed by atoms with E-state index in [0.717, 1.165) is 18.9 Å². The predicted octanol–water partition coefficient (Wildman–Crippen LogP) is 1.43. The summed E-state index contributed by atoms with van der Waals surface area (Å²) in [6, 6.07) is 7.48. The lowest BCUT2D eigenvalue weighted by atomic mass is 10.3. The highest BCUT2D eigenvalue weighted by molar-refractivity contribution is 5.41. The molecule has 0 atom stereocenters. The molecule has 0 N–H and O–H groups in total. The number of rotatable bonds is 5. The first-order chi connectivity index (χ1) is 7.31. The van der Waals surface area contributed by atoms with Crippen LogP contribution in [0.3, 0.4) is 0 Å². The van der Waals surface area contributed by atoms with E-state index in [0.29, 0.717) is 12.3 Å². The van der Waals surface area contributed by atoms with E-state index in [1.54, 1.807) is 13.2 Å². The molecule has 0 aliphatic heterocycles. The summed E-state index contributed by atoms with van der Waals surface area (Å²) in [6.45, 7) is 4.35. The van der Waals surface area contributed by atoms with Crippen LogP contribution in [0.2, 0.25) is 0 Å². The number of anilines is 1. The van der Waals surface area contributed by atoms with E-state index in [2.05, 4.69) is 16.8 Å². The van der Waals surface area contributed by atoms with Crippen LogP contribution in [0.5, 0.6) is 0 Å². The molecule has 0 fully saturated rings. The van der Waals surface area contributed by atoms with E-state index in [1.807, 2.05) is 18.2 Å². The van der Waals surface area contributed by atoms with Crippen LogP contribution in [0.1, 0.15) is 12.6 Å². The summed E-state index contributed by atoms with van der Waals surface area (Å²) in [6.07, 6.45) is 0. The Morgan fingerprint density at radius 2 is 2.33 bits per heavy atom. The number of nitrogens with zero attached hydrogens (tertiary/aromatic N) is 3. The van der Waals surface area contributed by atoms with Gasteiger partial charge >= 0.3 is 0 Å². The molecule has 1 aromatic heterocycles. The van der Waals surface area contributed by atoms with Gasteiger partial charge in [-0.25, -0.2) is 4.98 Å². The molecule has 1 aromatic rings. The number of aromatic nitrogens is 1. The zero-order valence-corrected chi connectivity index (χ0v) is 9.10. The fourth-order valence-electron chi connectivity index (χ4n) is 1.30. The predicted molar refractivity (Wildman–Crippen MR) is 58.7 cm³/mol. The molecule has 1 rings (SSSR count). The van der Waals surface area contributed by atoms with Gasteiger partial charge in [-0.15, -0.1) is 0 Å². The van der Waals surface area contributed by atoms with Gasteiger partial charge < -0.3 is 9.64 Å². The lowest BCUT2D eigenvalue weighted by Gasteiger charge is -2.21. The average molecular weight is 205 g/mol. The van der Waals surface area contributed by atoms with Gasteiger partial charge in [-0.2, -0.15) is 5.26 Å². The van der Waals surface area contributed by atoms with Crippen molar-refractivity contribution in [2.75, 3.05) is 31.7 Å². The maximum Gasteiger partial charge on any atom is 0.142 e. The van der Waals surface area contributed by atoms with Crippen LogP contribution in [-0.4, -0.2) is 31.8 Å². The SMILES string of the molecule is CCN(CCOC)c1cccc(C#N)n1.